The Morgan fingerprint density at radius 3 is 1.91 bits per heavy atom. The molecule has 22 heavy (non-hydrogen) atoms. The average Bonchev–Trinajstić information content (AvgIpc) is 2.53. The Hall–Kier alpha value is -0.940. The standard InChI is InChI=1S/C18H30O4/c1-5-16-6-8-17(9-7-16)18(2,3)22-15-14-21-13-12-20-11-10-19-4/h6-9H,5,10-15H2,1-4H3. The molecule has 0 N–H and O–H groups in total. The highest BCUT2D eigenvalue weighted by Crippen LogP contribution is 2.24. The number of hydrogen-bond donors (Lipinski definition) is 0. The second-order valence-corrected chi connectivity index (χ2v) is 5.63. The molecule has 0 fully saturated rings. The SMILES string of the molecule is CCc1ccc(C(C)(C)OCCOCCOCCOC)cc1. The van der Waals surface area contributed by atoms with Gasteiger partial charge >= 0.3 is 0 Å². The van der Waals surface area contributed by atoms with Crippen molar-refractivity contribution in [3.63, 3.8) is 0 Å². The van der Waals surface area contributed by atoms with E-state index in [0.717, 1.165) is 6.42 Å². The van der Waals surface area contributed by atoms with E-state index >= 15 is 0 Å². The first-order valence-electron chi connectivity index (χ1n) is 7.98. The summed E-state index contributed by atoms with van der Waals surface area (Å²) >= 11 is 0. The van der Waals surface area contributed by atoms with Gasteiger partial charge in [0, 0.05) is 7.11 Å². The quantitative estimate of drug-likeness (QED) is 0.556. The van der Waals surface area contributed by atoms with E-state index in [4.69, 9.17) is 18.9 Å². The van der Waals surface area contributed by atoms with E-state index in [0.29, 0.717) is 39.6 Å². The zero-order valence-electron chi connectivity index (χ0n) is 14.4. The minimum atomic E-state index is -0.301. The van der Waals surface area contributed by atoms with Crippen LogP contribution in [-0.2, 0) is 31.0 Å². The lowest BCUT2D eigenvalue weighted by molar-refractivity contribution is -0.0567. The Bertz CT molecular complexity index is 387. The predicted molar refractivity (Wildman–Crippen MR) is 88.3 cm³/mol. The highest BCUT2D eigenvalue weighted by atomic mass is 16.6. The van der Waals surface area contributed by atoms with Crippen LogP contribution in [0.3, 0.4) is 0 Å². The van der Waals surface area contributed by atoms with Gasteiger partial charge < -0.3 is 18.9 Å². The summed E-state index contributed by atoms with van der Waals surface area (Å²) in [4.78, 5) is 0. The van der Waals surface area contributed by atoms with Crippen LogP contribution in [0.25, 0.3) is 0 Å². The van der Waals surface area contributed by atoms with Gasteiger partial charge in [0.05, 0.1) is 45.2 Å². The van der Waals surface area contributed by atoms with Crippen molar-refractivity contribution in [2.24, 2.45) is 0 Å². The second-order valence-electron chi connectivity index (χ2n) is 5.63. The molecule has 0 saturated heterocycles. The van der Waals surface area contributed by atoms with Gasteiger partial charge in [0.1, 0.15) is 0 Å². The Kier molecular flexibility index (Phi) is 9.32. The average molecular weight is 310 g/mol. The molecule has 0 radical (unpaired) electrons. The lowest BCUT2D eigenvalue weighted by Crippen LogP contribution is -2.24. The Morgan fingerprint density at radius 1 is 0.818 bits per heavy atom. The monoisotopic (exact) mass is 310 g/mol. The maximum atomic E-state index is 5.95. The molecule has 4 heteroatoms. The summed E-state index contributed by atoms with van der Waals surface area (Å²) in [5.74, 6) is 0. The van der Waals surface area contributed by atoms with Gasteiger partial charge in [-0.25, -0.2) is 0 Å². The lowest BCUT2D eigenvalue weighted by Gasteiger charge is -2.26. The molecule has 0 bridgehead atoms. The van der Waals surface area contributed by atoms with Crippen LogP contribution in [-0.4, -0.2) is 46.8 Å². The topological polar surface area (TPSA) is 36.9 Å². The Morgan fingerprint density at radius 2 is 1.36 bits per heavy atom. The van der Waals surface area contributed by atoms with Gasteiger partial charge in [0.2, 0.25) is 0 Å². The lowest BCUT2D eigenvalue weighted by atomic mass is 9.96. The van der Waals surface area contributed by atoms with Gasteiger partial charge in [-0.3, -0.25) is 0 Å². The normalized spacial score (nSPS) is 11.8. The summed E-state index contributed by atoms with van der Waals surface area (Å²) in [5, 5.41) is 0. The molecule has 0 aliphatic heterocycles. The third-order valence-corrected chi connectivity index (χ3v) is 3.55. The van der Waals surface area contributed by atoms with Crippen molar-refractivity contribution in [2.75, 3.05) is 46.8 Å². The zero-order valence-corrected chi connectivity index (χ0v) is 14.4. The number of hydrogen-bond acceptors (Lipinski definition) is 4. The van der Waals surface area contributed by atoms with Crippen LogP contribution >= 0.6 is 0 Å². The predicted octanol–water partition coefficient (Wildman–Crippen LogP) is 3.18. The molecule has 4 nitrogen and oxygen atoms in total. The molecule has 1 aromatic rings. The van der Waals surface area contributed by atoms with Crippen molar-refractivity contribution >= 4 is 0 Å². The Balaban J connectivity index is 2.16. The summed E-state index contributed by atoms with van der Waals surface area (Å²) in [7, 11) is 1.66. The summed E-state index contributed by atoms with van der Waals surface area (Å²) in [5.41, 5.74) is 2.23. The molecule has 0 heterocycles. The maximum Gasteiger partial charge on any atom is 0.0876 e. The van der Waals surface area contributed by atoms with Gasteiger partial charge in [-0.15, -0.1) is 0 Å². The van der Waals surface area contributed by atoms with Crippen molar-refractivity contribution in [1.29, 1.82) is 0 Å². The molecule has 0 unspecified atom stereocenters. The van der Waals surface area contributed by atoms with E-state index in [1.165, 1.54) is 11.1 Å². The van der Waals surface area contributed by atoms with Crippen molar-refractivity contribution < 1.29 is 18.9 Å². The largest absolute Gasteiger partial charge is 0.382 e. The molecule has 0 aliphatic rings. The van der Waals surface area contributed by atoms with E-state index in [-0.39, 0.29) is 5.60 Å². The van der Waals surface area contributed by atoms with E-state index in [2.05, 4.69) is 45.0 Å². The third kappa shape index (κ3) is 7.36. The van der Waals surface area contributed by atoms with Crippen molar-refractivity contribution in [1.82, 2.24) is 0 Å². The van der Waals surface area contributed by atoms with Crippen molar-refractivity contribution in [3.8, 4) is 0 Å². The summed E-state index contributed by atoms with van der Waals surface area (Å²) in [6.45, 7) is 9.87. The van der Waals surface area contributed by atoms with E-state index in [1.807, 2.05) is 0 Å². The molecule has 0 amide bonds. The molecule has 1 aromatic carbocycles. The van der Waals surface area contributed by atoms with Gasteiger partial charge in [0.15, 0.2) is 0 Å². The van der Waals surface area contributed by atoms with Crippen LogP contribution in [0.1, 0.15) is 31.9 Å². The minimum Gasteiger partial charge on any atom is -0.382 e. The van der Waals surface area contributed by atoms with Crippen LogP contribution in [0.5, 0.6) is 0 Å². The number of benzene rings is 1. The van der Waals surface area contributed by atoms with Gasteiger partial charge in [-0.2, -0.15) is 0 Å². The summed E-state index contributed by atoms with van der Waals surface area (Å²) in [6.07, 6.45) is 1.06. The van der Waals surface area contributed by atoms with E-state index in [1.54, 1.807) is 7.11 Å². The summed E-state index contributed by atoms with van der Waals surface area (Å²) < 4.78 is 21.7. The zero-order chi connectivity index (χ0) is 16.3. The fourth-order valence-corrected chi connectivity index (χ4v) is 2.05. The number of ether oxygens (including phenoxy) is 4. The Labute approximate surface area is 134 Å². The highest BCUT2D eigenvalue weighted by molar-refractivity contribution is 5.26. The van der Waals surface area contributed by atoms with Crippen LogP contribution in [0.2, 0.25) is 0 Å². The number of rotatable bonds is 12. The first-order chi connectivity index (χ1) is 10.6. The fraction of sp³-hybridized carbons (Fsp3) is 0.667. The smallest absolute Gasteiger partial charge is 0.0876 e. The van der Waals surface area contributed by atoms with Gasteiger partial charge in [0.25, 0.3) is 0 Å². The molecule has 126 valence electrons. The third-order valence-electron chi connectivity index (χ3n) is 3.55. The first-order valence-corrected chi connectivity index (χ1v) is 7.98. The highest BCUT2D eigenvalue weighted by Gasteiger charge is 2.20. The number of methoxy groups -OCH3 is 1. The number of aryl methyl sites for hydroxylation is 1. The summed E-state index contributed by atoms with van der Waals surface area (Å²) in [6, 6.07) is 8.61. The second kappa shape index (κ2) is 10.7. The van der Waals surface area contributed by atoms with Crippen LogP contribution < -0.4 is 0 Å². The molecular formula is C18H30O4. The molecule has 0 aromatic heterocycles. The molecule has 1 rings (SSSR count). The maximum absolute atomic E-state index is 5.95. The van der Waals surface area contributed by atoms with Crippen molar-refractivity contribution in [3.05, 3.63) is 35.4 Å². The molecule has 0 spiro atoms. The first kappa shape index (κ1) is 19.1. The van der Waals surface area contributed by atoms with Gasteiger partial charge in [-0.1, -0.05) is 31.2 Å². The van der Waals surface area contributed by atoms with Crippen LogP contribution in [0, 0.1) is 0 Å². The minimum absolute atomic E-state index is 0.301. The van der Waals surface area contributed by atoms with Crippen LogP contribution in [0.15, 0.2) is 24.3 Å². The molecule has 0 atom stereocenters. The van der Waals surface area contributed by atoms with Crippen molar-refractivity contribution in [2.45, 2.75) is 32.8 Å². The fourth-order valence-electron chi connectivity index (χ4n) is 2.05. The van der Waals surface area contributed by atoms with Crippen LogP contribution in [0.4, 0.5) is 0 Å². The van der Waals surface area contributed by atoms with E-state index in [9.17, 15) is 0 Å². The molecule has 0 aliphatic carbocycles. The van der Waals surface area contributed by atoms with Gasteiger partial charge in [-0.05, 0) is 31.4 Å². The molecular weight excluding hydrogens is 280 g/mol. The molecule has 0 saturated carbocycles. The van der Waals surface area contributed by atoms with E-state index < -0.39 is 0 Å².